The lowest BCUT2D eigenvalue weighted by Crippen LogP contribution is -1.83. The maximum atomic E-state index is 5.58. The van der Waals surface area contributed by atoms with Gasteiger partial charge in [0.25, 0.3) is 0 Å². The Bertz CT molecular complexity index is 253. The van der Waals surface area contributed by atoms with Gasteiger partial charge >= 0.3 is 0 Å². The summed E-state index contributed by atoms with van der Waals surface area (Å²) < 4.78 is 0. The average Bonchev–Trinajstić information content (AvgIpc) is 2.15. The molecule has 1 aromatic carbocycles. The predicted octanol–water partition coefficient (Wildman–Crippen LogP) is 3.33. The Kier molecular flexibility index (Phi) is 4.47. The minimum atomic E-state index is 0.829. The fraction of sp³-hybridized carbons (Fsp3) is 0.273. The summed E-state index contributed by atoms with van der Waals surface area (Å²) >= 11 is 1.87. The second-order valence-electron chi connectivity index (χ2n) is 2.85. The Morgan fingerprint density at radius 3 is 2.62 bits per heavy atom. The van der Waals surface area contributed by atoms with Gasteiger partial charge in [-0.25, -0.2) is 0 Å². The van der Waals surface area contributed by atoms with E-state index >= 15 is 0 Å². The first-order valence-electron chi connectivity index (χ1n) is 4.42. The highest BCUT2D eigenvalue weighted by molar-refractivity contribution is 7.99. The highest BCUT2D eigenvalue weighted by atomic mass is 32.2. The highest BCUT2D eigenvalue weighted by Crippen LogP contribution is 2.20. The maximum absolute atomic E-state index is 5.58. The van der Waals surface area contributed by atoms with E-state index in [1.807, 2.05) is 30.0 Å². The van der Waals surface area contributed by atoms with E-state index in [0.717, 1.165) is 17.9 Å². The molecule has 70 valence electrons. The minimum absolute atomic E-state index is 0.829. The summed E-state index contributed by atoms with van der Waals surface area (Å²) in [6, 6.07) is 8.01. The summed E-state index contributed by atoms with van der Waals surface area (Å²) in [5, 5.41) is 0. The number of hydrogen-bond donors (Lipinski definition) is 1. The monoisotopic (exact) mass is 193 g/mol. The van der Waals surface area contributed by atoms with Crippen molar-refractivity contribution in [2.24, 2.45) is 0 Å². The molecule has 1 rings (SSSR count). The zero-order valence-electron chi connectivity index (χ0n) is 7.70. The van der Waals surface area contributed by atoms with Crippen LogP contribution in [0.3, 0.4) is 0 Å². The molecule has 1 nitrogen and oxygen atoms in total. The number of hydrogen-bond acceptors (Lipinski definition) is 2. The largest absolute Gasteiger partial charge is 0.399 e. The van der Waals surface area contributed by atoms with Crippen molar-refractivity contribution in [1.29, 1.82) is 0 Å². The van der Waals surface area contributed by atoms with Crippen LogP contribution in [-0.2, 0) is 0 Å². The maximum Gasteiger partial charge on any atom is 0.0314 e. The highest BCUT2D eigenvalue weighted by Gasteiger charge is 1.92. The molecule has 1 aromatic rings. The molecule has 0 atom stereocenters. The first-order valence-corrected chi connectivity index (χ1v) is 5.40. The molecule has 0 aliphatic carbocycles. The molecule has 0 radical (unpaired) electrons. The zero-order valence-corrected chi connectivity index (χ0v) is 8.52. The molecule has 0 heterocycles. The lowest BCUT2D eigenvalue weighted by atomic mass is 10.3. The number of thioether (sulfide) groups is 1. The lowest BCUT2D eigenvalue weighted by molar-refractivity contribution is 0.974. The number of benzene rings is 1. The van der Waals surface area contributed by atoms with Crippen LogP contribution in [0.5, 0.6) is 0 Å². The summed E-state index contributed by atoms with van der Waals surface area (Å²) in [7, 11) is 0. The molecule has 0 bridgehead atoms. The van der Waals surface area contributed by atoms with Crippen molar-refractivity contribution in [1.82, 2.24) is 0 Å². The van der Waals surface area contributed by atoms with Crippen molar-refractivity contribution >= 4 is 17.4 Å². The summed E-state index contributed by atoms with van der Waals surface area (Å²) in [5.41, 5.74) is 6.41. The van der Waals surface area contributed by atoms with Crippen molar-refractivity contribution in [3.8, 4) is 0 Å². The summed E-state index contributed by atoms with van der Waals surface area (Å²) in [4.78, 5) is 1.29. The van der Waals surface area contributed by atoms with Crippen molar-refractivity contribution in [2.75, 3.05) is 11.5 Å². The van der Waals surface area contributed by atoms with Gasteiger partial charge < -0.3 is 5.73 Å². The predicted molar refractivity (Wildman–Crippen MR) is 61.0 cm³/mol. The van der Waals surface area contributed by atoms with Crippen LogP contribution in [0, 0.1) is 0 Å². The Morgan fingerprint density at radius 2 is 2.00 bits per heavy atom. The van der Waals surface area contributed by atoms with Gasteiger partial charge in [0.1, 0.15) is 0 Å². The molecule has 0 saturated heterocycles. The first-order chi connectivity index (χ1) is 6.33. The summed E-state index contributed by atoms with van der Waals surface area (Å²) in [6.45, 7) is 3.69. The van der Waals surface area contributed by atoms with Crippen molar-refractivity contribution < 1.29 is 0 Å². The van der Waals surface area contributed by atoms with Crippen LogP contribution in [-0.4, -0.2) is 5.75 Å². The molecule has 0 aliphatic heterocycles. The van der Waals surface area contributed by atoms with Crippen molar-refractivity contribution in [2.45, 2.75) is 17.7 Å². The van der Waals surface area contributed by atoms with Crippen LogP contribution in [0.2, 0.25) is 0 Å². The third-order valence-corrected chi connectivity index (χ3v) is 2.80. The normalized spacial score (nSPS) is 9.85. The van der Waals surface area contributed by atoms with Gasteiger partial charge in [0.05, 0.1) is 0 Å². The Hall–Kier alpha value is -0.890. The third-order valence-electron chi connectivity index (χ3n) is 1.70. The van der Waals surface area contributed by atoms with Gasteiger partial charge in [-0.15, -0.1) is 18.3 Å². The number of nitrogens with two attached hydrogens (primary N) is 1. The Balaban J connectivity index is 2.28. The Labute approximate surface area is 84.0 Å². The van der Waals surface area contributed by atoms with Crippen LogP contribution in [0.4, 0.5) is 5.69 Å². The van der Waals surface area contributed by atoms with Crippen LogP contribution in [0.25, 0.3) is 0 Å². The van der Waals surface area contributed by atoms with Gasteiger partial charge in [0, 0.05) is 10.6 Å². The van der Waals surface area contributed by atoms with Crippen molar-refractivity contribution in [3.63, 3.8) is 0 Å². The number of anilines is 1. The summed E-state index contributed by atoms with van der Waals surface area (Å²) in [5.74, 6) is 1.15. The molecule has 0 aliphatic rings. The van der Waals surface area contributed by atoms with E-state index < -0.39 is 0 Å². The van der Waals surface area contributed by atoms with Crippen LogP contribution >= 0.6 is 11.8 Å². The molecular formula is C11H15NS. The van der Waals surface area contributed by atoms with Gasteiger partial charge in [-0.3, -0.25) is 0 Å². The summed E-state index contributed by atoms with van der Waals surface area (Å²) in [6.07, 6.45) is 4.25. The second kappa shape index (κ2) is 5.70. The molecule has 2 heteroatoms. The van der Waals surface area contributed by atoms with Crippen LogP contribution in [0.1, 0.15) is 12.8 Å². The molecule has 0 spiro atoms. The van der Waals surface area contributed by atoms with Crippen LogP contribution in [0.15, 0.2) is 41.8 Å². The van der Waals surface area contributed by atoms with Gasteiger partial charge in [-0.1, -0.05) is 6.08 Å². The SMILES string of the molecule is C=CCCCSc1ccc(N)cc1. The molecule has 0 unspecified atom stereocenters. The third kappa shape index (κ3) is 4.04. The molecule has 0 fully saturated rings. The molecule has 13 heavy (non-hydrogen) atoms. The van der Waals surface area contributed by atoms with Gasteiger partial charge in [-0.05, 0) is 42.9 Å². The van der Waals surface area contributed by atoms with E-state index in [0.29, 0.717) is 0 Å². The lowest BCUT2D eigenvalue weighted by Gasteiger charge is -2.00. The first kappa shape index (κ1) is 10.2. The number of allylic oxidation sites excluding steroid dienone is 1. The topological polar surface area (TPSA) is 26.0 Å². The van der Waals surface area contributed by atoms with E-state index in [2.05, 4.69) is 18.7 Å². The van der Waals surface area contributed by atoms with Gasteiger partial charge in [0.15, 0.2) is 0 Å². The second-order valence-corrected chi connectivity index (χ2v) is 4.02. The van der Waals surface area contributed by atoms with E-state index in [9.17, 15) is 0 Å². The fourth-order valence-corrected chi connectivity index (χ4v) is 1.86. The van der Waals surface area contributed by atoms with Gasteiger partial charge in [-0.2, -0.15) is 0 Å². The molecular weight excluding hydrogens is 178 g/mol. The molecule has 0 aromatic heterocycles. The van der Waals surface area contributed by atoms with E-state index in [-0.39, 0.29) is 0 Å². The molecule has 0 saturated carbocycles. The van der Waals surface area contributed by atoms with E-state index in [1.54, 1.807) is 0 Å². The number of rotatable bonds is 5. The van der Waals surface area contributed by atoms with Gasteiger partial charge in [0.2, 0.25) is 0 Å². The van der Waals surface area contributed by atoms with Crippen molar-refractivity contribution in [3.05, 3.63) is 36.9 Å². The Morgan fingerprint density at radius 1 is 1.31 bits per heavy atom. The van der Waals surface area contributed by atoms with E-state index in [1.165, 1.54) is 11.3 Å². The minimum Gasteiger partial charge on any atom is -0.399 e. The number of unbranched alkanes of at least 4 members (excludes halogenated alkanes) is 1. The average molecular weight is 193 g/mol. The quantitative estimate of drug-likeness (QED) is 0.336. The fourth-order valence-electron chi connectivity index (χ4n) is 0.982. The molecule has 2 N–H and O–H groups in total. The van der Waals surface area contributed by atoms with E-state index in [4.69, 9.17) is 5.73 Å². The smallest absolute Gasteiger partial charge is 0.0314 e. The standard InChI is InChI=1S/C11H15NS/c1-2-3-4-9-13-11-7-5-10(12)6-8-11/h2,5-8H,1,3-4,9,12H2. The zero-order chi connectivity index (χ0) is 9.52. The number of nitrogen functional groups attached to an aromatic ring is 1. The van der Waals surface area contributed by atoms with Crippen LogP contribution < -0.4 is 5.73 Å². The molecule has 0 amide bonds.